The number of rotatable bonds is 4. The van der Waals surface area contributed by atoms with Crippen LogP contribution in [0.25, 0.3) is 10.8 Å². The number of piperidine rings is 1. The Labute approximate surface area is 121 Å². The van der Waals surface area contributed by atoms with Crippen molar-refractivity contribution in [3.63, 3.8) is 0 Å². The molecule has 3 rings (SSSR count). The Morgan fingerprint density at radius 1 is 1.15 bits per heavy atom. The zero-order chi connectivity index (χ0) is 13.8. The van der Waals surface area contributed by atoms with Gasteiger partial charge in [0, 0.05) is 19.7 Å². The third-order valence-electron chi connectivity index (χ3n) is 4.14. The Kier molecular flexibility index (Phi) is 4.34. The summed E-state index contributed by atoms with van der Waals surface area (Å²) < 4.78 is 5.80. The van der Waals surface area contributed by atoms with E-state index in [-0.39, 0.29) is 0 Å². The molecule has 1 atom stereocenters. The van der Waals surface area contributed by atoms with E-state index in [9.17, 15) is 0 Å². The van der Waals surface area contributed by atoms with Crippen molar-refractivity contribution in [2.24, 2.45) is 0 Å². The van der Waals surface area contributed by atoms with Crippen molar-refractivity contribution in [3.05, 3.63) is 48.0 Å². The van der Waals surface area contributed by atoms with E-state index in [2.05, 4.69) is 54.3 Å². The molecule has 1 aliphatic heterocycles. The fourth-order valence-electron chi connectivity index (χ4n) is 3.20. The summed E-state index contributed by atoms with van der Waals surface area (Å²) in [5, 5.41) is 2.72. The molecule has 106 valence electrons. The molecule has 0 spiro atoms. The second kappa shape index (κ2) is 6.38. The van der Waals surface area contributed by atoms with Crippen molar-refractivity contribution in [2.75, 3.05) is 19.7 Å². The van der Waals surface area contributed by atoms with Crippen LogP contribution < -0.4 is 0 Å². The van der Waals surface area contributed by atoms with Crippen molar-refractivity contribution in [3.8, 4) is 0 Å². The van der Waals surface area contributed by atoms with Gasteiger partial charge in [0.1, 0.15) is 0 Å². The molecule has 1 fully saturated rings. The van der Waals surface area contributed by atoms with Gasteiger partial charge < -0.3 is 4.74 Å². The lowest BCUT2D eigenvalue weighted by molar-refractivity contribution is 0.00374. The Balaban J connectivity index is 1.76. The smallest absolute Gasteiger partial charge is 0.0702 e. The highest BCUT2D eigenvalue weighted by Crippen LogP contribution is 2.22. The lowest BCUT2D eigenvalue weighted by Crippen LogP contribution is -2.39. The molecule has 0 bridgehead atoms. The van der Waals surface area contributed by atoms with Crippen LogP contribution in [0.15, 0.2) is 42.5 Å². The van der Waals surface area contributed by atoms with E-state index in [0.717, 1.165) is 19.7 Å². The SMILES string of the molecule is CCOC1CCCN(Cc2cccc3ccccc23)C1. The lowest BCUT2D eigenvalue weighted by Gasteiger charge is -2.32. The van der Waals surface area contributed by atoms with E-state index in [0.29, 0.717) is 6.10 Å². The molecule has 0 aliphatic carbocycles. The summed E-state index contributed by atoms with van der Waals surface area (Å²) in [7, 11) is 0. The first-order valence-corrected chi connectivity index (χ1v) is 7.67. The van der Waals surface area contributed by atoms with Crippen LogP contribution >= 0.6 is 0 Å². The van der Waals surface area contributed by atoms with E-state index >= 15 is 0 Å². The first kappa shape index (κ1) is 13.6. The molecule has 1 aliphatic rings. The summed E-state index contributed by atoms with van der Waals surface area (Å²) in [4.78, 5) is 2.53. The first-order chi connectivity index (χ1) is 9.86. The fourth-order valence-corrected chi connectivity index (χ4v) is 3.20. The highest BCUT2D eigenvalue weighted by molar-refractivity contribution is 5.85. The number of hydrogen-bond acceptors (Lipinski definition) is 2. The van der Waals surface area contributed by atoms with Gasteiger partial charge in [-0.1, -0.05) is 42.5 Å². The molecule has 1 heterocycles. The molecule has 2 nitrogen and oxygen atoms in total. The first-order valence-electron chi connectivity index (χ1n) is 7.67. The van der Waals surface area contributed by atoms with Crippen LogP contribution in [-0.4, -0.2) is 30.7 Å². The molecule has 1 unspecified atom stereocenters. The van der Waals surface area contributed by atoms with Gasteiger partial charge in [-0.05, 0) is 42.6 Å². The number of fused-ring (bicyclic) bond motifs is 1. The molecule has 2 heteroatoms. The van der Waals surface area contributed by atoms with Crippen LogP contribution in [0.4, 0.5) is 0 Å². The number of hydrogen-bond donors (Lipinski definition) is 0. The fraction of sp³-hybridized carbons (Fsp3) is 0.444. The Hall–Kier alpha value is -1.38. The number of ether oxygens (including phenoxy) is 1. The highest BCUT2D eigenvalue weighted by atomic mass is 16.5. The van der Waals surface area contributed by atoms with E-state index in [1.54, 1.807) is 0 Å². The van der Waals surface area contributed by atoms with Crippen LogP contribution in [0.2, 0.25) is 0 Å². The monoisotopic (exact) mass is 269 g/mol. The molecule has 0 radical (unpaired) electrons. The summed E-state index contributed by atoms with van der Waals surface area (Å²) in [5.41, 5.74) is 1.43. The van der Waals surface area contributed by atoms with E-state index < -0.39 is 0 Å². The molecule has 20 heavy (non-hydrogen) atoms. The summed E-state index contributed by atoms with van der Waals surface area (Å²) in [6.45, 7) is 6.20. The number of nitrogens with zero attached hydrogens (tertiary/aromatic N) is 1. The van der Waals surface area contributed by atoms with Crippen molar-refractivity contribution in [2.45, 2.75) is 32.4 Å². The van der Waals surface area contributed by atoms with Crippen LogP contribution in [0.1, 0.15) is 25.3 Å². The second-order valence-electron chi connectivity index (χ2n) is 5.59. The van der Waals surface area contributed by atoms with Gasteiger partial charge >= 0.3 is 0 Å². The van der Waals surface area contributed by atoms with Gasteiger partial charge in [0.15, 0.2) is 0 Å². The Morgan fingerprint density at radius 2 is 2.00 bits per heavy atom. The standard InChI is InChI=1S/C18H23NO/c1-2-20-17-10-6-12-19(14-17)13-16-9-5-8-15-7-3-4-11-18(15)16/h3-5,7-9,11,17H,2,6,10,12-14H2,1H3. The zero-order valence-electron chi connectivity index (χ0n) is 12.2. The maximum atomic E-state index is 5.80. The Morgan fingerprint density at radius 3 is 2.90 bits per heavy atom. The van der Waals surface area contributed by atoms with Gasteiger partial charge in [-0.2, -0.15) is 0 Å². The average molecular weight is 269 g/mol. The highest BCUT2D eigenvalue weighted by Gasteiger charge is 2.20. The maximum Gasteiger partial charge on any atom is 0.0702 e. The van der Waals surface area contributed by atoms with Crippen LogP contribution in [0, 0.1) is 0 Å². The van der Waals surface area contributed by atoms with Gasteiger partial charge in [0.2, 0.25) is 0 Å². The van der Waals surface area contributed by atoms with E-state index in [1.165, 1.54) is 35.7 Å². The summed E-state index contributed by atoms with van der Waals surface area (Å²) in [5.74, 6) is 0. The van der Waals surface area contributed by atoms with Crippen LogP contribution in [0.5, 0.6) is 0 Å². The van der Waals surface area contributed by atoms with Crippen molar-refractivity contribution < 1.29 is 4.74 Å². The van der Waals surface area contributed by atoms with Crippen molar-refractivity contribution in [1.29, 1.82) is 0 Å². The van der Waals surface area contributed by atoms with Gasteiger partial charge in [0.05, 0.1) is 6.10 Å². The lowest BCUT2D eigenvalue weighted by atomic mass is 10.0. The third kappa shape index (κ3) is 3.02. The topological polar surface area (TPSA) is 12.5 Å². The number of benzene rings is 2. The minimum Gasteiger partial charge on any atom is -0.377 e. The molecule has 0 N–H and O–H groups in total. The molecular formula is C18H23NO. The normalized spacial score (nSPS) is 20.4. The summed E-state index contributed by atoms with van der Waals surface area (Å²) in [6, 6.07) is 15.3. The summed E-state index contributed by atoms with van der Waals surface area (Å²) in [6.07, 6.45) is 2.87. The summed E-state index contributed by atoms with van der Waals surface area (Å²) >= 11 is 0. The molecule has 2 aromatic rings. The predicted molar refractivity (Wildman–Crippen MR) is 83.9 cm³/mol. The minimum atomic E-state index is 0.420. The molecule has 0 amide bonds. The van der Waals surface area contributed by atoms with Crippen LogP contribution in [-0.2, 0) is 11.3 Å². The second-order valence-corrected chi connectivity index (χ2v) is 5.59. The number of likely N-dealkylation sites (tertiary alicyclic amines) is 1. The van der Waals surface area contributed by atoms with Crippen LogP contribution in [0.3, 0.4) is 0 Å². The molecule has 1 saturated heterocycles. The minimum absolute atomic E-state index is 0.420. The quantitative estimate of drug-likeness (QED) is 0.836. The maximum absolute atomic E-state index is 5.80. The predicted octanol–water partition coefficient (Wildman–Crippen LogP) is 3.84. The van der Waals surface area contributed by atoms with E-state index in [1.807, 2.05) is 0 Å². The van der Waals surface area contributed by atoms with Crippen molar-refractivity contribution >= 4 is 10.8 Å². The molecular weight excluding hydrogens is 246 g/mol. The largest absolute Gasteiger partial charge is 0.377 e. The van der Waals surface area contributed by atoms with Crippen molar-refractivity contribution in [1.82, 2.24) is 4.90 Å². The molecule has 0 saturated carbocycles. The molecule has 2 aromatic carbocycles. The zero-order valence-corrected chi connectivity index (χ0v) is 12.2. The van der Waals surface area contributed by atoms with E-state index in [4.69, 9.17) is 4.74 Å². The van der Waals surface area contributed by atoms with Gasteiger partial charge in [0.25, 0.3) is 0 Å². The average Bonchev–Trinajstić information content (AvgIpc) is 2.48. The van der Waals surface area contributed by atoms with Gasteiger partial charge in [-0.15, -0.1) is 0 Å². The third-order valence-corrected chi connectivity index (χ3v) is 4.14. The Bertz CT molecular complexity index is 559. The molecule has 0 aromatic heterocycles. The van der Waals surface area contributed by atoms with Gasteiger partial charge in [-0.25, -0.2) is 0 Å². The van der Waals surface area contributed by atoms with Gasteiger partial charge in [-0.3, -0.25) is 4.90 Å².